The van der Waals surface area contributed by atoms with Crippen LogP contribution in [0.5, 0.6) is 0 Å². The first-order valence-electron chi connectivity index (χ1n) is 4.37. The molecule has 1 aromatic heterocycles. The number of fused-ring (bicyclic) bond motifs is 1. The van der Waals surface area contributed by atoms with Crippen molar-refractivity contribution in [3.05, 3.63) is 28.9 Å². The van der Waals surface area contributed by atoms with Gasteiger partial charge in [-0.3, -0.25) is 4.68 Å². The summed E-state index contributed by atoms with van der Waals surface area (Å²) < 4.78 is 1.70. The van der Waals surface area contributed by atoms with Gasteiger partial charge in [0, 0.05) is 12.4 Å². The Bertz CT molecular complexity index is 555. The first-order valence-corrected chi connectivity index (χ1v) is 4.75. The van der Waals surface area contributed by atoms with E-state index < -0.39 is 0 Å². The molecule has 76 valence electrons. The molecule has 2 rings (SSSR count). The summed E-state index contributed by atoms with van der Waals surface area (Å²) in [6.45, 7) is 0.336. The first-order chi connectivity index (χ1) is 7.22. The van der Waals surface area contributed by atoms with Crippen molar-refractivity contribution in [1.29, 1.82) is 0 Å². The predicted molar refractivity (Wildman–Crippen MR) is 57.5 cm³/mol. The number of carbonyl (C=O) groups excluding carboxylic acids is 1. The largest absolute Gasteiger partial charge is 0.266 e. The highest BCUT2D eigenvalue weighted by atomic mass is 35.5. The van der Waals surface area contributed by atoms with Crippen LogP contribution in [0.4, 0.5) is 0 Å². The van der Waals surface area contributed by atoms with Crippen molar-refractivity contribution in [1.82, 2.24) is 9.78 Å². The molecule has 0 aliphatic carbocycles. The number of nitrogens with zero attached hydrogens (tertiary/aromatic N) is 3. The van der Waals surface area contributed by atoms with Crippen molar-refractivity contribution in [2.45, 2.75) is 6.54 Å². The zero-order valence-corrected chi connectivity index (χ0v) is 8.82. The van der Waals surface area contributed by atoms with Crippen LogP contribution in [0.2, 0.25) is 5.15 Å². The number of aryl methyl sites for hydroxylation is 1. The van der Waals surface area contributed by atoms with Gasteiger partial charge in [0.25, 0.3) is 0 Å². The summed E-state index contributed by atoms with van der Waals surface area (Å²) in [6, 6.07) is 5.66. The Morgan fingerprint density at radius 2 is 2.40 bits per heavy atom. The average molecular weight is 222 g/mol. The van der Waals surface area contributed by atoms with Crippen molar-refractivity contribution in [2.75, 3.05) is 0 Å². The van der Waals surface area contributed by atoms with Gasteiger partial charge in [-0.05, 0) is 17.7 Å². The number of aromatic nitrogens is 2. The normalized spacial score (nSPS) is 10.3. The van der Waals surface area contributed by atoms with E-state index in [-0.39, 0.29) is 0 Å². The third kappa shape index (κ3) is 1.77. The van der Waals surface area contributed by atoms with Crippen LogP contribution in [0.15, 0.2) is 23.2 Å². The number of hydrogen-bond donors (Lipinski definition) is 0. The molecule has 5 heteroatoms. The number of rotatable bonds is 2. The number of isocyanates is 1. The Labute approximate surface area is 91.2 Å². The number of aliphatic imine (C=N–C) groups is 1. The number of hydrogen-bond acceptors (Lipinski definition) is 3. The second-order valence-corrected chi connectivity index (χ2v) is 3.53. The molecule has 0 radical (unpaired) electrons. The van der Waals surface area contributed by atoms with Crippen LogP contribution in [0.3, 0.4) is 0 Å². The Hall–Kier alpha value is -1.64. The minimum absolute atomic E-state index is 0.336. The maximum Gasteiger partial charge on any atom is 0.235 e. The van der Waals surface area contributed by atoms with Crippen LogP contribution in [0.1, 0.15) is 5.56 Å². The van der Waals surface area contributed by atoms with Gasteiger partial charge in [-0.15, -0.1) is 0 Å². The summed E-state index contributed by atoms with van der Waals surface area (Å²) in [5.74, 6) is 0. The predicted octanol–water partition coefficient (Wildman–Crippen LogP) is 2.06. The van der Waals surface area contributed by atoms with Gasteiger partial charge in [-0.2, -0.15) is 5.10 Å². The molecule has 0 spiro atoms. The standard InChI is InChI=1S/C10H8ClN3O/c1-14-9-4-7(5-12-6-15)2-3-8(9)10(11)13-14/h2-4H,5H2,1H3. The molecule has 0 N–H and O–H groups in total. The van der Waals surface area contributed by atoms with E-state index >= 15 is 0 Å². The minimum atomic E-state index is 0.336. The third-order valence-electron chi connectivity index (χ3n) is 2.20. The van der Waals surface area contributed by atoms with E-state index in [0.717, 1.165) is 16.5 Å². The Morgan fingerprint density at radius 1 is 1.60 bits per heavy atom. The molecule has 0 bridgehead atoms. The van der Waals surface area contributed by atoms with Gasteiger partial charge < -0.3 is 0 Å². The molecule has 4 nitrogen and oxygen atoms in total. The van der Waals surface area contributed by atoms with Gasteiger partial charge in [0.2, 0.25) is 6.08 Å². The third-order valence-corrected chi connectivity index (χ3v) is 2.48. The van der Waals surface area contributed by atoms with Crippen molar-refractivity contribution in [3.8, 4) is 0 Å². The van der Waals surface area contributed by atoms with E-state index in [0.29, 0.717) is 11.7 Å². The van der Waals surface area contributed by atoms with E-state index in [2.05, 4.69) is 10.1 Å². The second kappa shape index (κ2) is 3.85. The van der Waals surface area contributed by atoms with Gasteiger partial charge in [0.05, 0.1) is 12.1 Å². The van der Waals surface area contributed by atoms with Crippen molar-refractivity contribution in [2.24, 2.45) is 12.0 Å². The number of halogens is 1. The van der Waals surface area contributed by atoms with Gasteiger partial charge in [0.1, 0.15) is 0 Å². The fraction of sp³-hybridized carbons (Fsp3) is 0.200. The van der Waals surface area contributed by atoms with Crippen LogP contribution >= 0.6 is 11.6 Å². The summed E-state index contributed by atoms with van der Waals surface area (Å²) in [6.07, 6.45) is 1.51. The average Bonchev–Trinajstić information content (AvgIpc) is 2.52. The molecule has 0 saturated carbocycles. The molecule has 15 heavy (non-hydrogen) atoms. The molecule has 0 aliphatic rings. The molecular formula is C10H8ClN3O. The lowest BCUT2D eigenvalue weighted by atomic mass is 10.2. The fourth-order valence-electron chi connectivity index (χ4n) is 1.48. The van der Waals surface area contributed by atoms with Gasteiger partial charge >= 0.3 is 0 Å². The van der Waals surface area contributed by atoms with Crippen LogP contribution in [-0.2, 0) is 18.4 Å². The van der Waals surface area contributed by atoms with Crippen molar-refractivity contribution >= 4 is 28.6 Å². The molecule has 0 fully saturated rings. The quantitative estimate of drug-likeness (QED) is 0.576. The molecular weight excluding hydrogens is 214 g/mol. The smallest absolute Gasteiger partial charge is 0.235 e. The lowest BCUT2D eigenvalue weighted by Crippen LogP contribution is -1.90. The highest BCUT2D eigenvalue weighted by Crippen LogP contribution is 2.23. The highest BCUT2D eigenvalue weighted by Gasteiger charge is 2.06. The Morgan fingerprint density at radius 3 is 3.13 bits per heavy atom. The van der Waals surface area contributed by atoms with Gasteiger partial charge in [-0.25, -0.2) is 9.79 Å². The molecule has 1 heterocycles. The minimum Gasteiger partial charge on any atom is -0.266 e. The zero-order chi connectivity index (χ0) is 10.8. The summed E-state index contributed by atoms with van der Waals surface area (Å²) in [5, 5.41) is 5.47. The van der Waals surface area contributed by atoms with Gasteiger partial charge in [-0.1, -0.05) is 17.7 Å². The maximum absolute atomic E-state index is 9.98. The first kappa shape index (κ1) is 9.90. The Kier molecular flexibility index (Phi) is 2.54. The van der Waals surface area contributed by atoms with E-state index in [1.807, 2.05) is 25.2 Å². The SMILES string of the molecule is Cn1nc(Cl)c2ccc(CN=C=O)cc21. The van der Waals surface area contributed by atoms with Crippen molar-refractivity contribution < 1.29 is 4.79 Å². The van der Waals surface area contributed by atoms with Gasteiger partial charge in [0.15, 0.2) is 5.15 Å². The molecule has 0 atom stereocenters. The monoisotopic (exact) mass is 221 g/mol. The zero-order valence-electron chi connectivity index (χ0n) is 8.07. The lowest BCUT2D eigenvalue weighted by Gasteiger charge is -1.97. The second-order valence-electron chi connectivity index (χ2n) is 3.17. The van der Waals surface area contributed by atoms with Crippen LogP contribution in [-0.4, -0.2) is 15.9 Å². The highest BCUT2D eigenvalue weighted by molar-refractivity contribution is 6.34. The molecule has 2 aromatic rings. The van der Waals surface area contributed by atoms with E-state index in [1.165, 1.54) is 6.08 Å². The van der Waals surface area contributed by atoms with Crippen molar-refractivity contribution in [3.63, 3.8) is 0 Å². The van der Waals surface area contributed by atoms with E-state index in [4.69, 9.17) is 11.6 Å². The summed E-state index contributed by atoms with van der Waals surface area (Å²) in [5.41, 5.74) is 1.86. The molecule has 0 saturated heterocycles. The summed E-state index contributed by atoms with van der Waals surface area (Å²) in [7, 11) is 1.82. The lowest BCUT2D eigenvalue weighted by molar-refractivity contribution is 0.563. The number of benzene rings is 1. The summed E-state index contributed by atoms with van der Waals surface area (Å²) in [4.78, 5) is 13.5. The summed E-state index contributed by atoms with van der Waals surface area (Å²) >= 11 is 5.92. The molecule has 0 unspecified atom stereocenters. The van der Waals surface area contributed by atoms with E-state index in [9.17, 15) is 4.79 Å². The fourth-order valence-corrected chi connectivity index (χ4v) is 1.75. The maximum atomic E-state index is 9.98. The Balaban J connectivity index is 2.54. The molecule has 0 amide bonds. The van der Waals surface area contributed by atoms with E-state index in [1.54, 1.807) is 4.68 Å². The van der Waals surface area contributed by atoms with Crippen LogP contribution in [0, 0.1) is 0 Å². The van der Waals surface area contributed by atoms with Crippen LogP contribution in [0.25, 0.3) is 10.9 Å². The van der Waals surface area contributed by atoms with Crippen LogP contribution < -0.4 is 0 Å². The molecule has 1 aromatic carbocycles. The molecule has 0 aliphatic heterocycles. The topological polar surface area (TPSA) is 47.2 Å².